The summed E-state index contributed by atoms with van der Waals surface area (Å²) in [5.41, 5.74) is 0.339. The molecule has 1 aliphatic heterocycles. The molecule has 0 bridgehead atoms. The minimum atomic E-state index is 0.339. The van der Waals surface area contributed by atoms with Crippen molar-refractivity contribution in [1.29, 1.82) is 0 Å². The van der Waals surface area contributed by atoms with E-state index in [1.54, 1.807) is 0 Å². The number of nitrogens with zero attached hydrogens (tertiary/aromatic N) is 2. The molecular formula is C12H24N2O2. The van der Waals surface area contributed by atoms with E-state index in [4.69, 9.17) is 14.9 Å². The fourth-order valence-electron chi connectivity index (χ4n) is 2.20. The van der Waals surface area contributed by atoms with E-state index in [1.807, 2.05) is 0 Å². The Morgan fingerprint density at radius 3 is 2.06 bits per heavy atom. The maximum absolute atomic E-state index is 8.24. The molecule has 0 amide bonds. The van der Waals surface area contributed by atoms with Gasteiger partial charge in [0.2, 0.25) is 0 Å². The molecule has 0 atom stereocenters. The standard InChI is InChI=1S/C11H24NO.CNO/c1-5-13-10-12(11(2,3)4)8-6-7-9-12;2-1-3/h5-10H2,1-4H3;/q+1;-1. The van der Waals surface area contributed by atoms with Crippen LogP contribution in [0.1, 0.15) is 40.5 Å². The lowest BCUT2D eigenvalue weighted by Crippen LogP contribution is -2.59. The van der Waals surface area contributed by atoms with E-state index >= 15 is 0 Å². The van der Waals surface area contributed by atoms with E-state index in [-0.39, 0.29) is 0 Å². The third-order valence-corrected chi connectivity index (χ3v) is 3.39. The number of hydrogen-bond donors (Lipinski definition) is 0. The largest absolute Gasteiger partial charge is 0.724 e. The zero-order valence-corrected chi connectivity index (χ0v) is 11.0. The minimum Gasteiger partial charge on any atom is -0.724 e. The summed E-state index contributed by atoms with van der Waals surface area (Å²) in [4.78, 5) is 8.24. The van der Waals surface area contributed by atoms with E-state index in [0.29, 0.717) is 11.6 Å². The van der Waals surface area contributed by atoms with Crippen molar-refractivity contribution in [3.05, 3.63) is 5.41 Å². The zero-order valence-electron chi connectivity index (χ0n) is 11.0. The monoisotopic (exact) mass is 228 g/mol. The molecule has 0 aliphatic carbocycles. The van der Waals surface area contributed by atoms with Crippen molar-refractivity contribution >= 4 is 6.08 Å². The summed E-state index contributed by atoms with van der Waals surface area (Å²) in [7, 11) is 0. The fraction of sp³-hybridized carbons (Fsp3) is 0.917. The Labute approximate surface area is 98.7 Å². The maximum atomic E-state index is 8.24. The van der Waals surface area contributed by atoms with E-state index in [9.17, 15) is 0 Å². The second-order valence-electron chi connectivity index (χ2n) is 5.18. The van der Waals surface area contributed by atoms with Gasteiger partial charge in [-0.05, 0) is 33.8 Å². The Balaban J connectivity index is 0.000000673. The average molecular weight is 228 g/mol. The zero-order chi connectivity index (χ0) is 12.7. The molecule has 1 heterocycles. The summed E-state index contributed by atoms with van der Waals surface area (Å²) in [5.74, 6) is 0. The molecule has 0 N–H and O–H groups in total. The maximum Gasteiger partial charge on any atom is 0.183 e. The van der Waals surface area contributed by atoms with Crippen molar-refractivity contribution in [2.24, 2.45) is 0 Å². The lowest BCUT2D eigenvalue weighted by Gasteiger charge is -2.45. The van der Waals surface area contributed by atoms with Crippen LogP contribution in [0.15, 0.2) is 0 Å². The summed E-state index contributed by atoms with van der Waals surface area (Å²) in [6.07, 6.45) is 3.23. The predicted octanol–water partition coefficient (Wildman–Crippen LogP) is 2.28. The highest BCUT2D eigenvalue weighted by Gasteiger charge is 2.42. The highest BCUT2D eigenvalue weighted by atomic mass is 16.5. The SMILES string of the molecule is CCOC[N+]1(C(C)(C)C)CCCC1.[N-]=C=O. The van der Waals surface area contributed by atoms with Crippen LogP contribution in [0.5, 0.6) is 0 Å². The number of isocyanates is 1. The Hall–Kier alpha value is -0.700. The third kappa shape index (κ3) is 4.05. The van der Waals surface area contributed by atoms with Gasteiger partial charge in [0.1, 0.15) is 0 Å². The first-order chi connectivity index (χ1) is 7.43. The first-order valence-corrected chi connectivity index (χ1v) is 5.88. The molecule has 0 radical (unpaired) electrons. The molecule has 1 fully saturated rings. The van der Waals surface area contributed by atoms with Gasteiger partial charge < -0.3 is 10.1 Å². The molecular weight excluding hydrogens is 204 g/mol. The van der Waals surface area contributed by atoms with Crippen molar-refractivity contribution < 1.29 is 14.0 Å². The van der Waals surface area contributed by atoms with Gasteiger partial charge in [-0.25, -0.2) is 0 Å². The molecule has 4 nitrogen and oxygen atoms in total. The summed E-state index contributed by atoms with van der Waals surface area (Å²) in [6, 6.07) is 0. The first kappa shape index (κ1) is 15.3. The van der Waals surface area contributed by atoms with Crippen LogP contribution in [0.25, 0.3) is 5.41 Å². The number of ether oxygens (including phenoxy) is 1. The summed E-state index contributed by atoms with van der Waals surface area (Å²) in [5, 5.41) is 6.76. The second kappa shape index (κ2) is 6.79. The van der Waals surface area contributed by atoms with Crippen molar-refractivity contribution in [3.8, 4) is 0 Å². The van der Waals surface area contributed by atoms with E-state index in [1.165, 1.54) is 25.9 Å². The molecule has 4 heteroatoms. The molecule has 1 rings (SSSR count). The van der Waals surface area contributed by atoms with Gasteiger partial charge in [-0.15, -0.1) is 0 Å². The van der Waals surface area contributed by atoms with Gasteiger partial charge in [-0.2, -0.15) is 0 Å². The smallest absolute Gasteiger partial charge is 0.183 e. The van der Waals surface area contributed by atoms with Crippen LogP contribution in [-0.2, 0) is 9.53 Å². The molecule has 0 spiro atoms. The van der Waals surface area contributed by atoms with Crippen molar-refractivity contribution in [2.75, 3.05) is 26.4 Å². The van der Waals surface area contributed by atoms with Crippen LogP contribution in [0, 0.1) is 0 Å². The molecule has 16 heavy (non-hydrogen) atoms. The van der Waals surface area contributed by atoms with Crippen molar-refractivity contribution in [1.82, 2.24) is 0 Å². The molecule has 0 saturated carbocycles. The Morgan fingerprint density at radius 2 is 1.75 bits per heavy atom. The van der Waals surface area contributed by atoms with Crippen molar-refractivity contribution in [2.45, 2.75) is 46.1 Å². The second-order valence-corrected chi connectivity index (χ2v) is 5.18. The number of carbonyl (C=O) groups excluding carboxylic acids is 1. The van der Waals surface area contributed by atoms with Crippen LogP contribution < -0.4 is 0 Å². The summed E-state index contributed by atoms with van der Waals surface area (Å²) >= 11 is 0. The quantitative estimate of drug-likeness (QED) is 0.422. The van der Waals surface area contributed by atoms with Gasteiger partial charge in [0.15, 0.2) is 6.73 Å². The lowest BCUT2D eigenvalue weighted by atomic mass is 10.0. The van der Waals surface area contributed by atoms with Crippen LogP contribution in [0.4, 0.5) is 0 Å². The van der Waals surface area contributed by atoms with Gasteiger partial charge in [0.25, 0.3) is 0 Å². The Morgan fingerprint density at radius 1 is 1.31 bits per heavy atom. The predicted molar refractivity (Wildman–Crippen MR) is 64.5 cm³/mol. The summed E-state index contributed by atoms with van der Waals surface area (Å²) in [6.45, 7) is 13.4. The Kier molecular flexibility index (Phi) is 6.49. The van der Waals surface area contributed by atoms with Crippen LogP contribution in [0.2, 0.25) is 0 Å². The van der Waals surface area contributed by atoms with Gasteiger partial charge in [-0.1, -0.05) is 0 Å². The molecule has 1 saturated heterocycles. The Bertz CT molecular complexity index is 222. The molecule has 0 unspecified atom stereocenters. The van der Waals surface area contributed by atoms with Gasteiger partial charge in [-0.3, -0.25) is 9.28 Å². The van der Waals surface area contributed by atoms with Crippen LogP contribution in [-0.4, -0.2) is 42.5 Å². The first-order valence-electron chi connectivity index (χ1n) is 5.88. The van der Waals surface area contributed by atoms with Crippen LogP contribution in [0.3, 0.4) is 0 Å². The van der Waals surface area contributed by atoms with Gasteiger partial charge >= 0.3 is 0 Å². The topological polar surface area (TPSA) is 48.6 Å². The fourth-order valence-corrected chi connectivity index (χ4v) is 2.20. The highest BCUT2D eigenvalue weighted by molar-refractivity contribution is 5.36. The number of rotatable bonds is 3. The molecule has 1 aliphatic rings. The average Bonchev–Trinajstić information content (AvgIpc) is 2.64. The molecule has 0 aromatic heterocycles. The van der Waals surface area contributed by atoms with Gasteiger partial charge in [0.05, 0.1) is 18.6 Å². The van der Waals surface area contributed by atoms with E-state index in [0.717, 1.165) is 17.8 Å². The van der Waals surface area contributed by atoms with E-state index < -0.39 is 0 Å². The minimum absolute atomic E-state index is 0.339. The summed E-state index contributed by atoms with van der Waals surface area (Å²) < 4.78 is 6.77. The number of quaternary nitrogens is 1. The van der Waals surface area contributed by atoms with Gasteiger partial charge in [0, 0.05) is 19.4 Å². The van der Waals surface area contributed by atoms with Crippen LogP contribution >= 0.6 is 0 Å². The lowest BCUT2D eigenvalue weighted by molar-refractivity contribution is -0.976. The highest BCUT2D eigenvalue weighted by Crippen LogP contribution is 2.30. The normalized spacial score (nSPS) is 18.5. The molecule has 0 aromatic carbocycles. The van der Waals surface area contributed by atoms with E-state index in [2.05, 4.69) is 27.7 Å². The number of hydrogen-bond acceptors (Lipinski definition) is 2. The van der Waals surface area contributed by atoms with Crippen molar-refractivity contribution in [3.63, 3.8) is 0 Å². The number of likely N-dealkylation sites (tertiary alicyclic amines) is 1. The molecule has 0 aromatic rings. The molecule has 94 valence electrons. The third-order valence-electron chi connectivity index (χ3n) is 3.39.